The Morgan fingerprint density at radius 2 is 2.25 bits per heavy atom. The summed E-state index contributed by atoms with van der Waals surface area (Å²) in [5.74, 6) is 0.567. The zero-order valence-corrected chi connectivity index (χ0v) is 10.5. The third-order valence-electron chi connectivity index (χ3n) is 2.03. The van der Waals surface area contributed by atoms with Crippen LogP contribution in [0.3, 0.4) is 0 Å². The standard InChI is InChI=1S/C11H16ClN3O/c1-4-5-13-11(16)9-8(12)6-14-10(15-9)7(2)3/h6-7H,4-5H2,1-3H3,(H,13,16). The topological polar surface area (TPSA) is 54.9 Å². The van der Waals surface area contributed by atoms with Crippen molar-refractivity contribution < 1.29 is 4.79 Å². The van der Waals surface area contributed by atoms with E-state index in [0.717, 1.165) is 6.42 Å². The number of hydrogen-bond donors (Lipinski definition) is 1. The third kappa shape index (κ3) is 3.17. The molecule has 0 aromatic carbocycles. The predicted octanol–water partition coefficient (Wildman–Crippen LogP) is 2.39. The Balaban J connectivity index is 2.93. The van der Waals surface area contributed by atoms with E-state index in [1.165, 1.54) is 6.20 Å². The van der Waals surface area contributed by atoms with Crippen LogP contribution in [0.15, 0.2) is 6.20 Å². The van der Waals surface area contributed by atoms with Crippen LogP contribution in [-0.4, -0.2) is 22.4 Å². The molecule has 0 saturated carbocycles. The van der Waals surface area contributed by atoms with E-state index in [2.05, 4.69) is 15.3 Å². The summed E-state index contributed by atoms with van der Waals surface area (Å²) in [6.07, 6.45) is 2.36. The van der Waals surface area contributed by atoms with Crippen LogP contribution in [-0.2, 0) is 0 Å². The lowest BCUT2D eigenvalue weighted by Crippen LogP contribution is -2.26. The van der Waals surface area contributed by atoms with E-state index in [1.807, 2.05) is 20.8 Å². The van der Waals surface area contributed by atoms with Crippen molar-refractivity contribution in [3.8, 4) is 0 Å². The molecule has 0 unspecified atom stereocenters. The third-order valence-corrected chi connectivity index (χ3v) is 2.31. The molecule has 1 amide bonds. The summed E-state index contributed by atoms with van der Waals surface area (Å²) in [7, 11) is 0. The van der Waals surface area contributed by atoms with Crippen molar-refractivity contribution in [3.05, 3.63) is 22.7 Å². The van der Waals surface area contributed by atoms with Gasteiger partial charge in [0.1, 0.15) is 11.5 Å². The Morgan fingerprint density at radius 3 is 2.81 bits per heavy atom. The van der Waals surface area contributed by atoms with Gasteiger partial charge in [-0.3, -0.25) is 4.79 Å². The molecule has 5 heteroatoms. The first-order valence-electron chi connectivity index (χ1n) is 5.36. The highest BCUT2D eigenvalue weighted by molar-refractivity contribution is 6.33. The Kier molecular flexibility index (Phi) is 4.68. The number of halogens is 1. The molecule has 0 spiro atoms. The Morgan fingerprint density at radius 1 is 1.56 bits per heavy atom. The molecular weight excluding hydrogens is 226 g/mol. The lowest BCUT2D eigenvalue weighted by atomic mass is 10.2. The second-order valence-electron chi connectivity index (χ2n) is 3.84. The van der Waals surface area contributed by atoms with Crippen LogP contribution < -0.4 is 5.32 Å². The highest BCUT2D eigenvalue weighted by atomic mass is 35.5. The van der Waals surface area contributed by atoms with Crippen molar-refractivity contribution >= 4 is 17.5 Å². The van der Waals surface area contributed by atoms with E-state index < -0.39 is 0 Å². The summed E-state index contributed by atoms with van der Waals surface area (Å²) in [6, 6.07) is 0. The smallest absolute Gasteiger partial charge is 0.271 e. The molecule has 0 atom stereocenters. The number of hydrogen-bond acceptors (Lipinski definition) is 3. The van der Waals surface area contributed by atoms with Crippen molar-refractivity contribution in [2.75, 3.05) is 6.54 Å². The zero-order chi connectivity index (χ0) is 12.1. The van der Waals surface area contributed by atoms with E-state index in [0.29, 0.717) is 12.4 Å². The van der Waals surface area contributed by atoms with Crippen LogP contribution >= 0.6 is 11.6 Å². The summed E-state index contributed by atoms with van der Waals surface area (Å²) in [5, 5.41) is 3.03. The molecule has 0 aliphatic rings. The summed E-state index contributed by atoms with van der Waals surface area (Å²) >= 11 is 5.89. The molecule has 0 aliphatic heterocycles. The number of nitrogens with one attached hydrogen (secondary N) is 1. The minimum atomic E-state index is -0.240. The maximum Gasteiger partial charge on any atom is 0.271 e. The van der Waals surface area contributed by atoms with Gasteiger partial charge in [0.05, 0.1) is 11.2 Å². The Bertz CT molecular complexity index is 379. The lowest BCUT2D eigenvalue weighted by Gasteiger charge is -2.08. The van der Waals surface area contributed by atoms with Crippen LogP contribution in [0, 0.1) is 0 Å². The number of carbonyl (C=O) groups excluding carboxylic acids is 1. The van der Waals surface area contributed by atoms with Gasteiger partial charge in [0.2, 0.25) is 0 Å². The quantitative estimate of drug-likeness (QED) is 0.881. The van der Waals surface area contributed by atoms with Gasteiger partial charge in [0.25, 0.3) is 5.91 Å². The fourth-order valence-corrected chi connectivity index (χ4v) is 1.32. The van der Waals surface area contributed by atoms with Gasteiger partial charge in [-0.25, -0.2) is 9.97 Å². The average Bonchev–Trinajstić information content (AvgIpc) is 2.26. The van der Waals surface area contributed by atoms with Gasteiger partial charge >= 0.3 is 0 Å². The van der Waals surface area contributed by atoms with Gasteiger partial charge in [0, 0.05) is 12.5 Å². The van der Waals surface area contributed by atoms with E-state index in [9.17, 15) is 4.79 Å². The molecule has 4 nitrogen and oxygen atoms in total. The first-order chi connectivity index (χ1) is 7.56. The van der Waals surface area contributed by atoms with Gasteiger partial charge in [-0.05, 0) is 6.42 Å². The van der Waals surface area contributed by atoms with Crippen LogP contribution in [0.2, 0.25) is 5.02 Å². The Labute approximate surface area is 100 Å². The van der Waals surface area contributed by atoms with Crippen molar-refractivity contribution in [2.24, 2.45) is 0 Å². The number of amides is 1. The number of nitrogens with zero attached hydrogens (tertiary/aromatic N) is 2. The molecule has 1 rings (SSSR count). The normalized spacial score (nSPS) is 10.6. The molecule has 16 heavy (non-hydrogen) atoms. The summed E-state index contributed by atoms with van der Waals surface area (Å²) < 4.78 is 0. The molecule has 88 valence electrons. The molecule has 0 aliphatic carbocycles. The van der Waals surface area contributed by atoms with Gasteiger partial charge in [0.15, 0.2) is 0 Å². The number of aromatic nitrogens is 2. The van der Waals surface area contributed by atoms with Crippen molar-refractivity contribution in [1.82, 2.24) is 15.3 Å². The number of carbonyl (C=O) groups is 1. The number of rotatable bonds is 4. The average molecular weight is 242 g/mol. The maximum absolute atomic E-state index is 11.7. The summed E-state index contributed by atoms with van der Waals surface area (Å²) in [6.45, 7) is 6.55. The van der Waals surface area contributed by atoms with E-state index in [1.54, 1.807) is 0 Å². The SMILES string of the molecule is CCCNC(=O)c1nc(C(C)C)ncc1Cl. The highest BCUT2D eigenvalue weighted by Crippen LogP contribution is 2.16. The van der Waals surface area contributed by atoms with Gasteiger partial charge < -0.3 is 5.32 Å². The minimum Gasteiger partial charge on any atom is -0.351 e. The van der Waals surface area contributed by atoms with Crippen LogP contribution in [0.25, 0.3) is 0 Å². The zero-order valence-electron chi connectivity index (χ0n) is 9.75. The summed E-state index contributed by atoms with van der Waals surface area (Å²) in [5.41, 5.74) is 0.258. The van der Waals surface area contributed by atoms with E-state index >= 15 is 0 Å². The lowest BCUT2D eigenvalue weighted by molar-refractivity contribution is 0.0948. The first-order valence-corrected chi connectivity index (χ1v) is 5.74. The molecule has 1 aromatic heterocycles. The van der Waals surface area contributed by atoms with Crippen molar-refractivity contribution in [3.63, 3.8) is 0 Å². The van der Waals surface area contributed by atoms with Gasteiger partial charge in [-0.2, -0.15) is 0 Å². The molecule has 1 N–H and O–H groups in total. The maximum atomic E-state index is 11.7. The van der Waals surface area contributed by atoms with E-state index in [4.69, 9.17) is 11.6 Å². The minimum absolute atomic E-state index is 0.176. The molecule has 0 bridgehead atoms. The predicted molar refractivity (Wildman–Crippen MR) is 63.8 cm³/mol. The highest BCUT2D eigenvalue weighted by Gasteiger charge is 2.14. The fraction of sp³-hybridized carbons (Fsp3) is 0.545. The van der Waals surface area contributed by atoms with Gasteiger partial charge in [-0.15, -0.1) is 0 Å². The fourth-order valence-electron chi connectivity index (χ4n) is 1.14. The second-order valence-corrected chi connectivity index (χ2v) is 4.24. The molecule has 1 heterocycles. The van der Waals surface area contributed by atoms with Crippen LogP contribution in [0.1, 0.15) is 49.4 Å². The Hall–Kier alpha value is -1.16. The monoisotopic (exact) mass is 241 g/mol. The first kappa shape index (κ1) is 12.9. The van der Waals surface area contributed by atoms with Crippen molar-refractivity contribution in [2.45, 2.75) is 33.1 Å². The largest absolute Gasteiger partial charge is 0.351 e. The molecule has 0 saturated heterocycles. The van der Waals surface area contributed by atoms with Crippen molar-refractivity contribution in [1.29, 1.82) is 0 Å². The van der Waals surface area contributed by atoms with Crippen LogP contribution in [0.4, 0.5) is 0 Å². The molecule has 1 aromatic rings. The molecule has 0 fully saturated rings. The molecular formula is C11H16ClN3O. The second kappa shape index (κ2) is 5.80. The summed E-state index contributed by atoms with van der Waals surface area (Å²) in [4.78, 5) is 20.0. The van der Waals surface area contributed by atoms with Gasteiger partial charge in [-0.1, -0.05) is 32.4 Å². The molecule has 0 radical (unpaired) electrons. The van der Waals surface area contributed by atoms with E-state index in [-0.39, 0.29) is 22.5 Å². The van der Waals surface area contributed by atoms with Crippen LogP contribution in [0.5, 0.6) is 0 Å².